The number of aromatic nitrogens is 6. The molecule has 4 heterocycles. The number of nitrogens with two attached hydrogens (primary N) is 1. The van der Waals surface area contributed by atoms with Gasteiger partial charge in [0, 0.05) is 36.7 Å². The third kappa shape index (κ3) is 4.00. The van der Waals surface area contributed by atoms with Crippen molar-refractivity contribution >= 4 is 28.2 Å². The molecule has 1 aliphatic rings. The first-order valence-corrected chi connectivity index (χ1v) is 11.3. The zero-order valence-corrected chi connectivity index (χ0v) is 19.7. The minimum atomic E-state index is -0.844. The summed E-state index contributed by atoms with van der Waals surface area (Å²) in [4.78, 5) is 11.4. The summed E-state index contributed by atoms with van der Waals surface area (Å²) >= 11 is 0. The number of nitrogen functional groups attached to an aromatic ring is 1. The molecule has 3 aromatic heterocycles. The SMILES string of the molecule is COc1cc2nc(N)n3nc([C@H]4CN(c5cnn(CC(C)(C)O)c5)CC[C@H]4C)nc3c2cc1F. The first-order valence-electron chi connectivity index (χ1n) is 11.3. The Labute approximate surface area is 196 Å². The Morgan fingerprint density at radius 1 is 1.29 bits per heavy atom. The second kappa shape index (κ2) is 8.08. The quantitative estimate of drug-likeness (QED) is 0.459. The van der Waals surface area contributed by atoms with Crippen molar-refractivity contribution in [3.63, 3.8) is 0 Å². The molecule has 1 fully saturated rings. The first-order chi connectivity index (χ1) is 16.1. The number of fused-ring (bicyclic) bond motifs is 3. The molecular formula is C23H29FN8O2. The van der Waals surface area contributed by atoms with Gasteiger partial charge in [-0.3, -0.25) is 4.68 Å². The van der Waals surface area contributed by atoms with E-state index in [1.54, 1.807) is 18.5 Å². The average molecular weight is 469 g/mol. The van der Waals surface area contributed by atoms with Gasteiger partial charge in [-0.25, -0.2) is 14.4 Å². The number of hydrogen-bond acceptors (Lipinski definition) is 8. The van der Waals surface area contributed by atoms with Gasteiger partial charge in [0.25, 0.3) is 0 Å². The molecule has 3 N–H and O–H groups in total. The molecule has 4 aromatic rings. The van der Waals surface area contributed by atoms with Gasteiger partial charge in [-0.2, -0.15) is 9.61 Å². The zero-order chi connectivity index (χ0) is 24.2. The van der Waals surface area contributed by atoms with Gasteiger partial charge in [0.05, 0.1) is 36.7 Å². The van der Waals surface area contributed by atoms with Crippen molar-refractivity contribution in [2.75, 3.05) is 30.8 Å². The topological polar surface area (TPSA) is 120 Å². The van der Waals surface area contributed by atoms with Crippen LogP contribution in [0.15, 0.2) is 24.5 Å². The van der Waals surface area contributed by atoms with Crippen LogP contribution in [0.4, 0.5) is 16.0 Å². The molecule has 2 atom stereocenters. The maximum Gasteiger partial charge on any atom is 0.223 e. The van der Waals surface area contributed by atoms with Crippen molar-refractivity contribution in [1.82, 2.24) is 29.4 Å². The van der Waals surface area contributed by atoms with Crippen LogP contribution in [0.3, 0.4) is 0 Å². The maximum atomic E-state index is 14.4. The van der Waals surface area contributed by atoms with E-state index < -0.39 is 11.4 Å². The number of benzene rings is 1. The highest BCUT2D eigenvalue weighted by Crippen LogP contribution is 2.34. The molecule has 11 heteroatoms. The monoisotopic (exact) mass is 468 g/mol. The van der Waals surface area contributed by atoms with Crippen LogP contribution in [0.25, 0.3) is 16.6 Å². The average Bonchev–Trinajstić information content (AvgIpc) is 3.41. The number of methoxy groups -OCH3 is 1. The van der Waals surface area contributed by atoms with Crippen molar-refractivity contribution in [1.29, 1.82) is 0 Å². The van der Waals surface area contributed by atoms with E-state index in [9.17, 15) is 9.50 Å². The minimum Gasteiger partial charge on any atom is -0.494 e. The smallest absolute Gasteiger partial charge is 0.223 e. The number of piperidine rings is 1. The van der Waals surface area contributed by atoms with E-state index in [2.05, 4.69) is 27.0 Å². The van der Waals surface area contributed by atoms with E-state index in [0.717, 1.165) is 18.7 Å². The fourth-order valence-corrected chi connectivity index (χ4v) is 4.60. The number of nitrogens with zero attached hydrogens (tertiary/aromatic N) is 7. The van der Waals surface area contributed by atoms with Gasteiger partial charge >= 0.3 is 0 Å². The highest BCUT2D eigenvalue weighted by atomic mass is 19.1. The highest BCUT2D eigenvalue weighted by Gasteiger charge is 2.32. The number of rotatable bonds is 5. The molecule has 1 aromatic carbocycles. The first kappa shape index (κ1) is 22.3. The molecule has 5 rings (SSSR count). The van der Waals surface area contributed by atoms with Crippen LogP contribution in [0.5, 0.6) is 5.75 Å². The summed E-state index contributed by atoms with van der Waals surface area (Å²) < 4.78 is 22.8. The van der Waals surface area contributed by atoms with Gasteiger partial charge < -0.3 is 20.5 Å². The number of aliphatic hydroxyl groups is 1. The van der Waals surface area contributed by atoms with E-state index in [0.29, 0.717) is 41.4 Å². The Kier molecular flexibility index (Phi) is 5.31. The Hall–Kier alpha value is -3.47. The molecular weight excluding hydrogens is 439 g/mol. The lowest BCUT2D eigenvalue weighted by Gasteiger charge is -2.36. The highest BCUT2D eigenvalue weighted by molar-refractivity contribution is 5.93. The van der Waals surface area contributed by atoms with Crippen molar-refractivity contribution in [2.24, 2.45) is 5.92 Å². The normalized spacial score (nSPS) is 19.3. The summed E-state index contributed by atoms with van der Waals surface area (Å²) in [7, 11) is 1.41. The molecule has 0 amide bonds. The van der Waals surface area contributed by atoms with Gasteiger partial charge in [-0.05, 0) is 32.3 Å². The number of halogens is 1. The van der Waals surface area contributed by atoms with Crippen LogP contribution in [0.1, 0.15) is 38.9 Å². The van der Waals surface area contributed by atoms with E-state index in [4.69, 9.17) is 15.5 Å². The Morgan fingerprint density at radius 2 is 2.09 bits per heavy atom. The van der Waals surface area contributed by atoms with Crippen molar-refractivity contribution in [2.45, 2.75) is 45.3 Å². The number of hydrogen-bond donors (Lipinski definition) is 2. The second-order valence-electron chi connectivity index (χ2n) is 9.71. The summed E-state index contributed by atoms with van der Waals surface area (Å²) in [6, 6.07) is 2.88. The van der Waals surface area contributed by atoms with E-state index in [-0.39, 0.29) is 17.6 Å². The van der Waals surface area contributed by atoms with Gasteiger partial charge in [0.15, 0.2) is 23.0 Å². The standard InChI is InChI=1S/C23H29FN8O2/c1-13-5-6-30(14-9-26-31(10-14)12-23(2,3)33)11-16(13)20-28-21-15-7-17(24)19(34-4)8-18(15)27-22(25)32(21)29-20/h7-10,13,16,33H,5-6,11-12H2,1-4H3,(H2,25,27)/t13-,16+/m1/s1. The van der Waals surface area contributed by atoms with Crippen LogP contribution < -0.4 is 15.4 Å². The molecule has 1 aliphatic heterocycles. The predicted octanol–water partition coefficient (Wildman–Crippen LogP) is 2.60. The van der Waals surface area contributed by atoms with Crippen molar-refractivity contribution < 1.29 is 14.2 Å². The Balaban J connectivity index is 1.49. The third-order valence-electron chi connectivity index (χ3n) is 6.41. The van der Waals surface area contributed by atoms with Gasteiger partial charge in [0.2, 0.25) is 5.95 Å². The maximum absolute atomic E-state index is 14.4. The van der Waals surface area contributed by atoms with Crippen LogP contribution in [-0.4, -0.2) is 60.3 Å². The largest absolute Gasteiger partial charge is 0.494 e. The van der Waals surface area contributed by atoms with Crippen molar-refractivity contribution in [3.8, 4) is 5.75 Å². The summed E-state index contributed by atoms with van der Waals surface area (Å²) in [5, 5.41) is 19.7. The summed E-state index contributed by atoms with van der Waals surface area (Å²) in [5.74, 6) is 0.834. The van der Waals surface area contributed by atoms with Crippen molar-refractivity contribution in [3.05, 3.63) is 36.2 Å². The lowest BCUT2D eigenvalue weighted by Crippen LogP contribution is -2.38. The van der Waals surface area contributed by atoms with Gasteiger partial charge in [-0.15, -0.1) is 5.10 Å². The second-order valence-corrected chi connectivity index (χ2v) is 9.71. The molecule has 0 bridgehead atoms. The lowest BCUT2D eigenvalue weighted by atomic mass is 9.86. The molecule has 0 saturated carbocycles. The van der Waals surface area contributed by atoms with Gasteiger partial charge in [0.1, 0.15) is 0 Å². The molecule has 0 radical (unpaired) electrons. The fraction of sp³-hybridized carbons (Fsp3) is 0.478. The summed E-state index contributed by atoms with van der Waals surface area (Å²) in [6.07, 6.45) is 4.73. The number of anilines is 2. The minimum absolute atomic E-state index is 0.0452. The molecule has 34 heavy (non-hydrogen) atoms. The van der Waals surface area contributed by atoms with E-state index in [1.165, 1.54) is 23.8 Å². The zero-order valence-electron chi connectivity index (χ0n) is 19.7. The molecule has 0 spiro atoms. The lowest BCUT2D eigenvalue weighted by molar-refractivity contribution is 0.0577. The Bertz CT molecular complexity index is 1360. The molecule has 1 saturated heterocycles. The van der Waals surface area contributed by atoms with E-state index in [1.807, 2.05) is 12.4 Å². The summed E-state index contributed by atoms with van der Waals surface area (Å²) in [6.45, 7) is 7.71. The van der Waals surface area contributed by atoms with Crippen LogP contribution in [0.2, 0.25) is 0 Å². The number of ether oxygens (including phenoxy) is 1. The summed E-state index contributed by atoms with van der Waals surface area (Å²) in [5.41, 5.74) is 7.29. The van der Waals surface area contributed by atoms with Crippen LogP contribution in [-0.2, 0) is 6.54 Å². The Morgan fingerprint density at radius 3 is 2.82 bits per heavy atom. The molecule has 0 unspecified atom stereocenters. The third-order valence-corrected chi connectivity index (χ3v) is 6.41. The molecule has 10 nitrogen and oxygen atoms in total. The van der Waals surface area contributed by atoms with Crippen LogP contribution >= 0.6 is 0 Å². The molecule has 0 aliphatic carbocycles. The fourth-order valence-electron chi connectivity index (χ4n) is 4.60. The van der Waals surface area contributed by atoms with E-state index >= 15 is 0 Å². The molecule has 180 valence electrons. The van der Waals surface area contributed by atoms with Gasteiger partial charge in [-0.1, -0.05) is 6.92 Å². The van der Waals surface area contributed by atoms with Crippen LogP contribution in [0, 0.1) is 11.7 Å². The predicted molar refractivity (Wildman–Crippen MR) is 126 cm³/mol.